The van der Waals surface area contributed by atoms with Gasteiger partial charge in [0.2, 0.25) is 5.91 Å². The zero-order valence-corrected chi connectivity index (χ0v) is 17.3. The summed E-state index contributed by atoms with van der Waals surface area (Å²) in [5.41, 5.74) is 7.81. The highest BCUT2D eigenvalue weighted by molar-refractivity contribution is 7.80. The van der Waals surface area contributed by atoms with Crippen molar-refractivity contribution in [3.8, 4) is 0 Å². The number of anilines is 1. The second kappa shape index (κ2) is 8.50. The fourth-order valence-electron chi connectivity index (χ4n) is 3.28. The van der Waals surface area contributed by atoms with Crippen LogP contribution in [0.25, 0.3) is 10.8 Å². The number of thiophene rings is 1. The maximum Gasteiger partial charge on any atom is 0.251 e. The topological polar surface area (TPSA) is 84.2 Å². The number of benzene rings is 2. The molecule has 28 heavy (non-hydrogen) atoms. The lowest BCUT2D eigenvalue weighted by atomic mass is 10.0. The van der Waals surface area contributed by atoms with Crippen LogP contribution in [0.4, 0.5) is 5.00 Å². The molecule has 0 aliphatic heterocycles. The summed E-state index contributed by atoms with van der Waals surface area (Å²) in [4.78, 5) is 25.3. The third-order valence-corrected chi connectivity index (χ3v) is 5.79. The van der Waals surface area contributed by atoms with Gasteiger partial charge in [-0.15, -0.1) is 11.3 Å². The largest absolute Gasteiger partial charge is 0.365 e. The van der Waals surface area contributed by atoms with Gasteiger partial charge in [-0.25, -0.2) is 0 Å². The molecule has 0 saturated heterocycles. The second-order valence-electron chi connectivity index (χ2n) is 6.38. The van der Waals surface area contributed by atoms with E-state index in [4.69, 9.17) is 18.0 Å². The summed E-state index contributed by atoms with van der Waals surface area (Å²) in [6, 6.07) is 13.8. The van der Waals surface area contributed by atoms with E-state index in [0.717, 1.165) is 26.8 Å². The van der Waals surface area contributed by atoms with Crippen LogP contribution in [-0.2, 0) is 17.6 Å². The summed E-state index contributed by atoms with van der Waals surface area (Å²) in [6.07, 6.45) is 0.901. The van der Waals surface area contributed by atoms with E-state index in [1.165, 1.54) is 11.3 Å². The predicted molar refractivity (Wildman–Crippen MR) is 119 cm³/mol. The smallest absolute Gasteiger partial charge is 0.251 e. The second-order valence-corrected chi connectivity index (χ2v) is 8.01. The quantitative estimate of drug-likeness (QED) is 0.556. The molecule has 2 aromatic carbocycles. The first-order valence-corrected chi connectivity index (χ1v) is 10.1. The molecule has 5 nitrogen and oxygen atoms in total. The Bertz CT molecular complexity index is 1070. The Kier molecular flexibility index (Phi) is 6.06. The minimum absolute atomic E-state index is 0.150. The lowest BCUT2D eigenvalue weighted by molar-refractivity contribution is -0.119. The fraction of sp³-hybridized carbons (Fsp3) is 0.190. The highest BCUT2D eigenvalue weighted by atomic mass is 32.1. The minimum Gasteiger partial charge on any atom is -0.365 e. The third kappa shape index (κ3) is 4.21. The van der Waals surface area contributed by atoms with Gasteiger partial charge in [-0.3, -0.25) is 9.59 Å². The molecule has 3 aromatic rings. The van der Waals surface area contributed by atoms with Crippen LogP contribution < -0.4 is 16.4 Å². The van der Waals surface area contributed by atoms with Crippen LogP contribution in [0.15, 0.2) is 42.5 Å². The minimum atomic E-state index is -0.506. The van der Waals surface area contributed by atoms with Gasteiger partial charge in [0.05, 0.1) is 12.0 Å². The van der Waals surface area contributed by atoms with Crippen molar-refractivity contribution in [3.05, 3.63) is 64.0 Å². The van der Waals surface area contributed by atoms with Gasteiger partial charge in [0, 0.05) is 4.88 Å². The van der Waals surface area contributed by atoms with Gasteiger partial charge in [0.25, 0.3) is 5.91 Å². The zero-order chi connectivity index (χ0) is 20.3. The average Bonchev–Trinajstić information content (AvgIpc) is 2.96. The van der Waals surface area contributed by atoms with Crippen LogP contribution in [0.2, 0.25) is 0 Å². The first kappa shape index (κ1) is 20.0. The Labute approximate surface area is 172 Å². The summed E-state index contributed by atoms with van der Waals surface area (Å²) >= 11 is 6.68. The van der Waals surface area contributed by atoms with E-state index >= 15 is 0 Å². The van der Waals surface area contributed by atoms with Crippen LogP contribution in [0.3, 0.4) is 0 Å². The molecule has 2 amide bonds. The molecule has 4 N–H and O–H groups in total. The predicted octanol–water partition coefficient (Wildman–Crippen LogP) is 3.93. The maximum atomic E-state index is 12.5. The number of nitrogens with one attached hydrogen (secondary N) is 2. The zero-order valence-electron chi connectivity index (χ0n) is 15.7. The first-order chi connectivity index (χ1) is 13.4. The van der Waals surface area contributed by atoms with Gasteiger partial charge < -0.3 is 16.4 Å². The summed E-state index contributed by atoms with van der Waals surface area (Å²) in [5.74, 6) is -0.730. The highest BCUT2D eigenvalue weighted by Gasteiger charge is 2.20. The van der Waals surface area contributed by atoms with Gasteiger partial charge in [-0.2, -0.15) is 0 Å². The van der Waals surface area contributed by atoms with Crippen molar-refractivity contribution in [2.75, 3.05) is 5.32 Å². The number of primary amides is 1. The van der Waals surface area contributed by atoms with Crippen LogP contribution >= 0.6 is 23.6 Å². The third-order valence-electron chi connectivity index (χ3n) is 4.52. The van der Waals surface area contributed by atoms with E-state index < -0.39 is 5.91 Å². The lowest BCUT2D eigenvalue weighted by Crippen LogP contribution is -2.35. The van der Waals surface area contributed by atoms with Crippen molar-refractivity contribution in [1.29, 1.82) is 0 Å². The molecule has 0 radical (unpaired) electrons. The Morgan fingerprint density at radius 3 is 2.57 bits per heavy atom. The van der Waals surface area contributed by atoms with Crippen molar-refractivity contribution < 1.29 is 9.59 Å². The number of nitrogens with two attached hydrogens (primary N) is 1. The molecule has 0 atom stereocenters. The standard InChI is InChI=1S/C21H21N3O2S2/c1-3-15-12(2)28-20(18(15)19(22)26)24-21(27)23-17(25)11-14-9-6-8-13-7-4-5-10-16(13)14/h4-10H,3,11H2,1-2H3,(H2,22,26)(H2,23,24,25,27). The van der Waals surface area contributed by atoms with Crippen molar-refractivity contribution in [1.82, 2.24) is 5.32 Å². The monoisotopic (exact) mass is 411 g/mol. The number of carbonyl (C=O) groups is 2. The normalized spacial score (nSPS) is 10.6. The average molecular weight is 412 g/mol. The molecule has 144 valence electrons. The number of amides is 2. The van der Waals surface area contributed by atoms with Crippen molar-refractivity contribution >= 4 is 56.3 Å². The van der Waals surface area contributed by atoms with E-state index in [0.29, 0.717) is 17.0 Å². The van der Waals surface area contributed by atoms with Gasteiger partial charge >= 0.3 is 0 Å². The van der Waals surface area contributed by atoms with Crippen LogP contribution in [0.5, 0.6) is 0 Å². The number of aryl methyl sites for hydroxylation is 1. The number of rotatable bonds is 5. The van der Waals surface area contributed by atoms with Gasteiger partial charge in [-0.1, -0.05) is 49.4 Å². The van der Waals surface area contributed by atoms with Gasteiger partial charge in [0.15, 0.2) is 5.11 Å². The molecule has 0 bridgehead atoms. The molecular formula is C21H21N3O2S2. The molecule has 7 heteroatoms. The first-order valence-electron chi connectivity index (χ1n) is 8.90. The molecule has 3 rings (SSSR count). The van der Waals surface area contributed by atoms with Gasteiger partial charge in [0.1, 0.15) is 5.00 Å². The Hall–Kier alpha value is -2.77. The van der Waals surface area contributed by atoms with E-state index in [9.17, 15) is 9.59 Å². The summed E-state index contributed by atoms with van der Waals surface area (Å²) < 4.78 is 0. The molecule has 0 aliphatic carbocycles. The lowest BCUT2D eigenvalue weighted by Gasteiger charge is -2.11. The molecule has 0 aliphatic rings. The molecule has 1 heterocycles. The van der Waals surface area contributed by atoms with Crippen LogP contribution in [-0.4, -0.2) is 16.9 Å². The van der Waals surface area contributed by atoms with E-state index in [1.54, 1.807) is 0 Å². The van der Waals surface area contributed by atoms with E-state index in [1.807, 2.05) is 56.3 Å². The Morgan fingerprint density at radius 1 is 1.14 bits per heavy atom. The number of hydrogen-bond donors (Lipinski definition) is 3. The number of carbonyl (C=O) groups excluding carboxylic acids is 2. The van der Waals surface area contributed by atoms with Crippen LogP contribution in [0, 0.1) is 6.92 Å². The number of thiocarbonyl (C=S) groups is 1. The molecule has 1 aromatic heterocycles. The fourth-order valence-corrected chi connectivity index (χ4v) is 4.71. The van der Waals surface area contributed by atoms with E-state index in [2.05, 4.69) is 10.6 Å². The summed E-state index contributed by atoms with van der Waals surface area (Å²) in [7, 11) is 0. The summed E-state index contributed by atoms with van der Waals surface area (Å²) in [6.45, 7) is 3.90. The van der Waals surface area contributed by atoms with E-state index in [-0.39, 0.29) is 17.4 Å². The SMILES string of the molecule is CCc1c(C)sc(NC(=S)NC(=O)Cc2cccc3ccccc23)c1C(N)=O. The number of fused-ring (bicyclic) bond motifs is 1. The Morgan fingerprint density at radius 2 is 1.86 bits per heavy atom. The molecule has 0 saturated carbocycles. The Balaban J connectivity index is 1.72. The van der Waals surface area contributed by atoms with Crippen molar-refractivity contribution in [2.45, 2.75) is 26.7 Å². The molecular weight excluding hydrogens is 390 g/mol. The highest BCUT2D eigenvalue weighted by Crippen LogP contribution is 2.33. The summed E-state index contributed by atoms with van der Waals surface area (Å²) in [5, 5.41) is 8.49. The van der Waals surface area contributed by atoms with Crippen LogP contribution in [0.1, 0.15) is 33.3 Å². The molecule has 0 unspecified atom stereocenters. The van der Waals surface area contributed by atoms with Crippen molar-refractivity contribution in [3.63, 3.8) is 0 Å². The molecule has 0 spiro atoms. The van der Waals surface area contributed by atoms with Crippen molar-refractivity contribution in [2.24, 2.45) is 5.73 Å². The number of hydrogen-bond acceptors (Lipinski definition) is 4. The van der Waals surface area contributed by atoms with Gasteiger partial charge in [-0.05, 0) is 47.5 Å². The molecule has 0 fully saturated rings. The maximum absolute atomic E-state index is 12.5.